The van der Waals surface area contributed by atoms with Crippen molar-refractivity contribution < 1.29 is 15.0 Å². The Kier molecular flexibility index (Phi) is 2.99. The van der Waals surface area contributed by atoms with Gasteiger partial charge in [-0.2, -0.15) is 0 Å². The fourth-order valence-corrected chi connectivity index (χ4v) is 1.60. The van der Waals surface area contributed by atoms with E-state index in [1.165, 1.54) is 31.0 Å². The van der Waals surface area contributed by atoms with E-state index in [0.29, 0.717) is 6.54 Å². The molecule has 0 saturated heterocycles. The summed E-state index contributed by atoms with van der Waals surface area (Å²) in [5.41, 5.74) is 0.121. The van der Waals surface area contributed by atoms with E-state index in [1.807, 2.05) is 0 Å². The molecule has 0 bridgehead atoms. The van der Waals surface area contributed by atoms with Gasteiger partial charge in [0.2, 0.25) is 0 Å². The molecule has 1 aliphatic rings. The second-order valence-corrected chi connectivity index (χ2v) is 4.19. The Labute approximate surface area is 93.9 Å². The molecule has 2 rings (SSSR count). The molecule has 86 valence electrons. The van der Waals surface area contributed by atoms with Gasteiger partial charge in [0.15, 0.2) is 0 Å². The van der Waals surface area contributed by atoms with Crippen molar-refractivity contribution in [3.8, 4) is 11.5 Å². The quantitative estimate of drug-likeness (QED) is 0.677. The Bertz CT molecular complexity index is 399. The molecule has 0 aliphatic heterocycles. The van der Waals surface area contributed by atoms with Crippen molar-refractivity contribution >= 4 is 5.91 Å². The number of amides is 1. The zero-order valence-electron chi connectivity index (χ0n) is 8.94. The zero-order valence-corrected chi connectivity index (χ0v) is 8.94. The van der Waals surface area contributed by atoms with E-state index < -0.39 is 0 Å². The van der Waals surface area contributed by atoms with Crippen LogP contribution < -0.4 is 5.32 Å². The van der Waals surface area contributed by atoms with Gasteiger partial charge in [-0.1, -0.05) is 12.8 Å². The first kappa shape index (κ1) is 10.8. The summed E-state index contributed by atoms with van der Waals surface area (Å²) in [7, 11) is 0. The Balaban J connectivity index is 1.93. The summed E-state index contributed by atoms with van der Waals surface area (Å²) in [5, 5.41) is 21.4. The van der Waals surface area contributed by atoms with Crippen LogP contribution in [0, 0.1) is 5.92 Å². The third-order valence-corrected chi connectivity index (χ3v) is 2.76. The maximum absolute atomic E-state index is 11.6. The normalized spacial score (nSPS) is 14.8. The minimum absolute atomic E-state index is 0.0230. The van der Waals surface area contributed by atoms with Crippen LogP contribution in [0.1, 0.15) is 29.6 Å². The molecule has 0 unspecified atom stereocenters. The number of hydrogen-bond donors (Lipinski definition) is 3. The van der Waals surface area contributed by atoms with Crippen LogP contribution in [0.2, 0.25) is 0 Å². The highest BCUT2D eigenvalue weighted by Crippen LogP contribution is 2.31. The van der Waals surface area contributed by atoms with Gasteiger partial charge in [-0.15, -0.1) is 0 Å². The molecular weight excluding hydrogens is 206 g/mol. The van der Waals surface area contributed by atoms with Crippen molar-refractivity contribution in [2.45, 2.75) is 19.3 Å². The van der Waals surface area contributed by atoms with Gasteiger partial charge >= 0.3 is 0 Å². The first-order valence-electron chi connectivity index (χ1n) is 5.47. The second kappa shape index (κ2) is 4.43. The number of carbonyl (C=O) groups is 1. The Hall–Kier alpha value is -1.71. The Morgan fingerprint density at radius 2 is 2.12 bits per heavy atom. The van der Waals surface area contributed by atoms with Crippen LogP contribution in [0.5, 0.6) is 11.5 Å². The predicted molar refractivity (Wildman–Crippen MR) is 59.4 cm³/mol. The number of hydrogen-bond acceptors (Lipinski definition) is 3. The van der Waals surface area contributed by atoms with Crippen molar-refractivity contribution in [3.05, 3.63) is 23.8 Å². The number of phenols is 2. The largest absolute Gasteiger partial charge is 0.508 e. The number of aromatic hydroxyl groups is 2. The van der Waals surface area contributed by atoms with Crippen molar-refractivity contribution in [2.24, 2.45) is 5.92 Å². The molecule has 0 atom stereocenters. The van der Waals surface area contributed by atoms with Gasteiger partial charge < -0.3 is 15.5 Å². The molecule has 1 fully saturated rings. The maximum atomic E-state index is 11.6. The number of benzene rings is 1. The second-order valence-electron chi connectivity index (χ2n) is 4.19. The lowest BCUT2D eigenvalue weighted by Crippen LogP contribution is -2.24. The van der Waals surface area contributed by atoms with Gasteiger partial charge in [0.1, 0.15) is 11.5 Å². The van der Waals surface area contributed by atoms with Crippen LogP contribution in [0.4, 0.5) is 0 Å². The van der Waals surface area contributed by atoms with Gasteiger partial charge in [-0.25, -0.2) is 0 Å². The lowest BCUT2D eigenvalue weighted by Gasteiger charge is -2.06. The van der Waals surface area contributed by atoms with Gasteiger partial charge in [-0.05, 0) is 30.5 Å². The standard InChI is InChI=1S/C12H15NO3/c14-9-3-4-11(15)10(7-9)12(16)13-6-5-8-1-2-8/h3-4,7-8,14-15H,1-2,5-6H2,(H,13,16). The summed E-state index contributed by atoms with van der Waals surface area (Å²) in [6.45, 7) is 0.624. The van der Waals surface area contributed by atoms with E-state index in [2.05, 4.69) is 5.32 Å². The van der Waals surface area contributed by atoms with Gasteiger partial charge in [0.05, 0.1) is 5.56 Å². The number of phenolic OH excluding ortho intramolecular Hbond substituents is 2. The number of carbonyl (C=O) groups excluding carboxylic acids is 1. The molecule has 1 aromatic carbocycles. The van der Waals surface area contributed by atoms with E-state index in [0.717, 1.165) is 12.3 Å². The number of rotatable bonds is 4. The molecule has 1 aliphatic carbocycles. The SMILES string of the molecule is O=C(NCCC1CC1)c1cc(O)ccc1O. The third-order valence-electron chi connectivity index (χ3n) is 2.76. The molecule has 0 aromatic heterocycles. The summed E-state index contributed by atoms with van der Waals surface area (Å²) in [6, 6.07) is 3.92. The van der Waals surface area contributed by atoms with Gasteiger partial charge in [0.25, 0.3) is 5.91 Å². The topological polar surface area (TPSA) is 69.6 Å². The summed E-state index contributed by atoms with van der Waals surface area (Å²) in [4.78, 5) is 11.6. The van der Waals surface area contributed by atoms with Crippen LogP contribution in [-0.2, 0) is 0 Å². The van der Waals surface area contributed by atoms with Crippen LogP contribution in [-0.4, -0.2) is 22.7 Å². The van der Waals surface area contributed by atoms with E-state index in [4.69, 9.17) is 0 Å². The first-order chi connectivity index (χ1) is 7.66. The number of nitrogens with one attached hydrogen (secondary N) is 1. The molecule has 4 heteroatoms. The molecule has 0 spiro atoms. The average Bonchev–Trinajstić information content (AvgIpc) is 3.05. The lowest BCUT2D eigenvalue weighted by molar-refractivity contribution is 0.0949. The summed E-state index contributed by atoms with van der Waals surface area (Å²) < 4.78 is 0. The molecule has 1 aromatic rings. The summed E-state index contributed by atoms with van der Waals surface area (Å²) in [6.07, 6.45) is 3.51. The molecule has 0 radical (unpaired) electrons. The van der Waals surface area contributed by atoms with Crippen molar-refractivity contribution in [1.29, 1.82) is 0 Å². The minimum Gasteiger partial charge on any atom is -0.508 e. The predicted octanol–water partition coefficient (Wildman–Crippen LogP) is 1.63. The van der Waals surface area contributed by atoms with E-state index >= 15 is 0 Å². The van der Waals surface area contributed by atoms with Crippen LogP contribution in [0.25, 0.3) is 0 Å². The molecule has 1 saturated carbocycles. The molecule has 4 nitrogen and oxygen atoms in total. The highest BCUT2D eigenvalue weighted by Gasteiger charge is 2.21. The van der Waals surface area contributed by atoms with Crippen LogP contribution in [0.3, 0.4) is 0 Å². The molecule has 16 heavy (non-hydrogen) atoms. The molecule has 3 N–H and O–H groups in total. The molecule has 0 heterocycles. The Morgan fingerprint density at radius 3 is 2.81 bits per heavy atom. The minimum atomic E-state index is -0.339. The first-order valence-corrected chi connectivity index (χ1v) is 5.47. The fourth-order valence-electron chi connectivity index (χ4n) is 1.60. The molecular formula is C12H15NO3. The van der Waals surface area contributed by atoms with Crippen molar-refractivity contribution in [1.82, 2.24) is 5.32 Å². The highest BCUT2D eigenvalue weighted by atomic mass is 16.3. The maximum Gasteiger partial charge on any atom is 0.255 e. The van der Waals surface area contributed by atoms with Crippen molar-refractivity contribution in [3.63, 3.8) is 0 Å². The highest BCUT2D eigenvalue weighted by molar-refractivity contribution is 5.97. The van der Waals surface area contributed by atoms with E-state index in [1.54, 1.807) is 0 Å². The van der Waals surface area contributed by atoms with E-state index in [-0.39, 0.29) is 23.0 Å². The lowest BCUT2D eigenvalue weighted by atomic mass is 10.1. The monoisotopic (exact) mass is 221 g/mol. The third kappa shape index (κ3) is 2.66. The van der Waals surface area contributed by atoms with Gasteiger partial charge in [0, 0.05) is 6.54 Å². The van der Waals surface area contributed by atoms with Gasteiger partial charge in [-0.3, -0.25) is 4.79 Å². The molecule has 1 amide bonds. The Morgan fingerprint density at radius 1 is 1.38 bits per heavy atom. The van der Waals surface area contributed by atoms with Crippen molar-refractivity contribution in [2.75, 3.05) is 6.54 Å². The summed E-state index contributed by atoms with van der Waals surface area (Å²) in [5.74, 6) is 0.291. The zero-order chi connectivity index (χ0) is 11.5. The fraction of sp³-hybridized carbons (Fsp3) is 0.417. The smallest absolute Gasteiger partial charge is 0.255 e. The van der Waals surface area contributed by atoms with Crippen LogP contribution in [0.15, 0.2) is 18.2 Å². The van der Waals surface area contributed by atoms with Crippen LogP contribution >= 0.6 is 0 Å². The van der Waals surface area contributed by atoms with E-state index in [9.17, 15) is 15.0 Å². The summed E-state index contributed by atoms with van der Waals surface area (Å²) >= 11 is 0. The average molecular weight is 221 g/mol.